The van der Waals surface area contributed by atoms with E-state index in [-0.39, 0.29) is 0 Å². The number of carboxylic acids is 1. The number of carbonyl (C=O) groups is 1. The van der Waals surface area contributed by atoms with E-state index in [1.807, 2.05) is 44.2 Å². The van der Waals surface area contributed by atoms with Gasteiger partial charge in [-0.1, -0.05) is 30.3 Å². The zero-order chi connectivity index (χ0) is 18.5. The predicted octanol–water partition coefficient (Wildman–Crippen LogP) is 3.76. The molecule has 26 heavy (non-hydrogen) atoms. The minimum absolute atomic E-state index is 0.400. The van der Waals surface area contributed by atoms with Crippen molar-refractivity contribution in [1.29, 1.82) is 0 Å². The van der Waals surface area contributed by atoms with Crippen LogP contribution in [0.4, 0.5) is 5.82 Å². The first-order valence-corrected chi connectivity index (χ1v) is 8.14. The lowest BCUT2D eigenvalue weighted by Gasteiger charge is -2.08. The molecule has 2 N–H and O–H groups in total. The smallest absolute Gasteiger partial charge is 0.341 e. The number of aliphatic carboxylic acids is 1. The van der Waals surface area contributed by atoms with E-state index in [0.717, 1.165) is 22.0 Å². The van der Waals surface area contributed by atoms with E-state index in [0.29, 0.717) is 17.1 Å². The molecule has 0 amide bonds. The molecule has 6 nitrogen and oxygen atoms in total. The van der Waals surface area contributed by atoms with Crippen LogP contribution in [0.2, 0.25) is 0 Å². The van der Waals surface area contributed by atoms with Gasteiger partial charge < -0.3 is 9.84 Å². The number of nitrogens with one attached hydrogen (secondary N) is 1. The number of anilines is 1. The standard InChI is InChI=1S/C20H19N3O3/c1-13-6-5-8-16-14(2)10-18(22-20(13)16)23-21-11-15-7-3-4-9-17(15)26-12-19(24)25/h3-11H,12H2,1-2H3,(H,22,23)(H,24,25)/b21-11-. The second-order valence-electron chi connectivity index (χ2n) is 5.89. The summed E-state index contributed by atoms with van der Waals surface area (Å²) in [6, 6.07) is 15.1. The van der Waals surface area contributed by atoms with E-state index in [1.54, 1.807) is 24.4 Å². The number of carboxylic acid groups (broad SMARTS) is 1. The monoisotopic (exact) mass is 349 g/mol. The lowest BCUT2D eigenvalue weighted by atomic mass is 10.1. The molecule has 0 aliphatic carbocycles. The molecule has 0 atom stereocenters. The third kappa shape index (κ3) is 3.97. The molecule has 1 aromatic heterocycles. The van der Waals surface area contributed by atoms with Gasteiger partial charge in [-0.3, -0.25) is 5.43 Å². The van der Waals surface area contributed by atoms with Crippen molar-refractivity contribution < 1.29 is 14.6 Å². The predicted molar refractivity (Wildman–Crippen MR) is 102 cm³/mol. The lowest BCUT2D eigenvalue weighted by Crippen LogP contribution is -2.10. The number of aromatic nitrogens is 1. The summed E-state index contributed by atoms with van der Waals surface area (Å²) in [5.41, 5.74) is 6.76. The highest BCUT2D eigenvalue weighted by Crippen LogP contribution is 2.23. The number of hydrogen-bond acceptors (Lipinski definition) is 5. The molecule has 0 saturated carbocycles. The van der Waals surface area contributed by atoms with Gasteiger partial charge in [0.05, 0.1) is 11.7 Å². The Bertz CT molecular complexity index is 983. The van der Waals surface area contributed by atoms with Crippen molar-refractivity contribution in [3.05, 3.63) is 65.2 Å². The molecule has 2 aromatic carbocycles. The van der Waals surface area contributed by atoms with Gasteiger partial charge in [0.15, 0.2) is 6.61 Å². The van der Waals surface area contributed by atoms with Crippen molar-refractivity contribution >= 4 is 28.9 Å². The fraction of sp³-hybridized carbons (Fsp3) is 0.150. The molecule has 0 spiro atoms. The van der Waals surface area contributed by atoms with Gasteiger partial charge in [0.25, 0.3) is 0 Å². The van der Waals surface area contributed by atoms with Gasteiger partial charge in [-0.05, 0) is 43.2 Å². The van der Waals surface area contributed by atoms with Crippen LogP contribution < -0.4 is 10.2 Å². The van der Waals surface area contributed by atoms with Gasteiger partial charge in [0, 0.05) is 10.9 Å². The zero-order valence-electron chi connectivity index (χ0n) is 14.6. The highest BCUT2D eigenvalue weighted by atomic mass is 16.5. The van der Waals surface area contributed by atoms with Crippen LogP contribution in [0.1, 0.15) is 16.7 Å². The number of rotatable bonds is 6. The molecular formula is C20H19N3O3. The summed E-state index contributed by atoms with van der Waals surface area (Å²) < 4.78 is 5.26. The van der Waals surface area contributed by atoms with Crippen LogP contribution in [0.15, 0.2) is 53.6 Å². The highest BCUT2D eigenvalue weighted by Gasteiger charge is 2.05. The maximum atomic E-state index is 10.7. The Morgan fingerprint density at radius 3 is 2.81 bits per heavy atom. The summed E-state index contributed by atoms with van der Waals surface area (Å²) in [6.45, 7) is 3.66. The Morgan fingerprint density at radius 2 is 2.00 bits per heavy atom. The molecule has 0 bridgehead atoms. The minimum atomic E-state index is -1.03. The average molecular weight is 349 g/mol. The largest absolute Gasteiger partial charge is 0.481 e. The summed E-state index contributed by atoms with van der Waals surface area (Å²) in [7, 11) is 0. The Balaban J connectivity index is 1.80. The molecule has 0 aliphatic heterocycles. The number of pyridine rings is 1. The molecule has 0 unspecified atom stereocenters. The Labute approximate surface area is 151 Å². The maximum Gasteiger partial charge on any atom is 0.341 e. The van der Waals surface area contributed by atoms with Gasteiger partial charge in [-0.25, -0.2) is 9.78 Å². The van der Waals surface area contributed by atoms with Crippen LogP contribution >= 0.6 is 0 Å². The molecule has 0 saturated heterocycles. The van der Waals surface area contributed by atoms with Crippen LogP contribution in [-0.4, -0.2) is 28.9 Å². The topological polar surface area (TPSA) is 83.8 Å². The summed E-state index contributed by atoms with van der Waals surface area (Å²) in [5.74, 6) is 0.0736. The fourth-order valence-corrected chi connectivity index (χ4v) is 2.64. The van der Waals surface area contributed by atoms with Crippen molar-refractivity contribution in [3.8, 4) is 5.75 Å². The number of para-hydroxylation sites is 2. The van der Waals surface area contributed by atoms with Crippen LogP contribution in [0, 0.1) is 13.8 Å². The molecule has 0 radical (unpaired) electrons. The van der Waals surface area contributed by atoms with E-state index >= 15 is 0 Å². The van der Waals surface area contributed by atoms with E-state index < -0.39 is 12.6 Å². The third-order valence-corrected chi connectivity index (χ3v) is 3.90. The van der Waals surface area contributed by atoms with Crippen molar-refractivity contribution in [2.75, 3.05) is 12.0 Å². The van der Waals surface area contributed by atoms with Gasteiger partial charge in [-0.15, -0.1) is 0 Å². The van der Waals surface area contributed by atoms with Gasteiger partial charge >= 0.3 is 5.97 Å². The first kappa shape index (κ1) is 17.4. The van der Waals surface area contributed by atoms with Crippen LogP contribution in [0.25, 0.3) is 10.9 Å². The molecule has 6 heteroatoms. The average Bonchev–Trinajstić information content (AvgIpc) is 2.62. The number of hydrogen-bond donors (Lipinski definition) is 2. The number of fused-ring (bicyclic) bond motifs is 1. The normalized spacial score (nSPS) is 11.0. The number of nitrogens with zero attached hydrogens (tertiary/aromatic N) is 2. The summed E-state index contributed by atoms with van der Waals surface area (Å²) in [4.78, 5) is 15.3. The van der Waals surface area contributed by atoms with E-state index in [4.69, 9.17) is 9.84 Å². The number of hydrazone groups is 1. The number of ether oxygens (including phenoxy) is 1. The van der Waals surface area contributed by atoms with Crippen LogP contribution in [0.3, 0.4) is 0 Å². The molecule has 132 valence electrons. The van der Waals surface area contributed by atoms with Crippen molar-refractivity contribution in [2.24, 2.45) is 5.10 Å². The molecule has 1 heterocycles. The lowest BCUT2D eigenvalue weighted by molar-refractivity contribution is -0.139. The third-order valence-electron chi connectivity index (χ3n) is 3.90. The first-order chi connectivity index (χ1) is 12.5. The number of benzene rings is 2. The molecular weight excluding hydrogens is 330 g/mol. The van der Waals surface area contributed by atoms with E-state index in [2.05, 4.69) is 15.5 Å². The Hall–Kier alpha value is -3.41. The summed E-state index contributed by atoms with van der Waals surface area (Å²) in [6.07, 6.45) is 1.58. The van der Waals surface area contributed by atoms with Crippen molar-refractivity contribution in [3.63, 3.8) is 0 Å². The van der Waals surface area contributed by atoms with Gasteiger partial charge in [0.1, 0.15) is 11.6 Å². The van der Waals surface area contributed by atoms with Crippen LogP contribution in [-0.2, 0) is 4.79 Å². The summed E-state index contributed by atoms with van der Waals surface area (Å²) in [5, 5.41) is 14.1. The minimum Gasteiger partial charge on any atom is -0.481 e. The van der Waals surface area contributed by atoms with Gasteiger partial charge in [0.2, 0.25) is 0 Å². The SMILES string of the molecule is Cc1cc(N/N=C\c2ccccc2OCC(=O)O)nc2c(C)cccc12. The van der Waals surface area contributed by atoms with Crippen molar-refractivity contribution in [1.82, 2.24) is 4.98 Å². The zero-order valence-corrected chi connectivity index (χ0v) is 14.6. The quantitative estimate of drug-likeness (QED) is 0.523. The molecule has 0 aliphatic rings. The van der Waals surface area contributed by atoms with E-state index in [1.165, 1.54) is 0 Å². The molecule has 3 rings (SSSR count). The van der Waals surface area contributed by atoms with Crippen molar-refractivity contribution in [2.45, 2.75) is 13.8 Å². The fourth-order valence-electron chi connectivity index (χ4n) is 2.64. The van der Waals surface area contributed by atoms with Gasteiger partial charge in [-0.2, -0.15) is 5.10 Å². The second-order valence-corrected chi connectivity index (χ2v) is 5.89. The Morgan fingerprint density at radius 1 is 1.19 bits per heavy atom. The number of aryl methyl sites for hydroxylation is 2. The van der Waals surface area contributed by atoms with E-state index in [9.17, 15) is 4.79 Å². The molecule has 3 aromatic rings. The maximum absolute atomic E-state index is 10.7. The Kier molecular flexibility index (Phi) is 5.12. The molecule has 0 fully saturated rings. The van der Waals surface area contributed by atoms with Crippen LogP contribution in [0.5, 0.6) is 5.75 Å². The highest BCUT2D eigenvalue weighted by molar-refractivity contribution is 5.87. The second kappa shape index (κ2) is 7.65. The first-order valence-electron chi connectivity index (χ1n) is 8.14. The summed E-state index contributed by atoms with van der Waals surface area (Å²) >= 11 is 0.